The summed E-state index contributed by atoms with van der Waals surface area (Å²) in [6.45, 7) is 0.0444. The molecule has 0 saturated carbocycles. The van der Waals surface area contributed by atoms with E-state index in [1.165, 1.54) is 0 Å². The van der Waals surface area contributed by atoms with Crippen molar-refractivity contribution >= 4 is 15.9 Å². The van der Waals surface area contributed by atoms with Gasteiger partial charge in [0, 0.05) is 12.2 Å². The van der Waals surface area contributed by atoms with E-state index in [1.54, 1.807) is 0 Å². The Morgan fingerprint density at radius 3 is 2.47 bits per heavy atom. The van der Waals surface area contributed by atoms with Crippen molar-refractivity contribution in [2.24, 2.45) is 0 Å². The first-order valence-corrected chi connectivity index (χ1v) is 6.43. The summed E-state index contributed by atoms with van der Waals surface area (Å²) in [5, 5.41) is 38.2. The second-order valence-electron chi connectivity index (χ2n) is 4.35. The van der Waals surface area contributed by atoms with Gasteiger partial charge in [-0.1, -0.05) is 0 Å². The van der Waals surface area contributed by atoms with Crippen molar-refractivity contribution in [2.45, 2.75) is 31.6 Å². The molecule has 1 aliphatic rings. The van der Waals surface area contributed by atoms with Crippen molar-refractivity contribution in [1.29, 1.82) is 0 Å². The van der Waals surface area contributed by atoms with Crippen molar-refractivity contribution in [3.05, 3.63) is 15.6 Å². The van der Waals surface area contributed by atoms with Crippen LogP contribution in [0.15, 0.2) is 4.47 Å². The molecule has 0 heterocycles. The highest BCUT2D eigenvalue weighted by Crippen LogP contribution is 2.51. The van der Waals surface area contributed by atoms with E-state index in [0.717, 1.165) is 24.8 Å². The molecule has 0 fully saturated rings. The predicted molar refractivity (Wildman–Crippen MR) is 66.5 cm³/mol. The largest absolute Gasteiger partial charge is 0.504 e. The molecule has 1 aromatic carbocycles. The average molecular weight is 303 g/mol. The Kier molecular flexibility index (Phi) is 3.49. The van der Waals surface area contributed by atoms with Crippen LogP contribution in [0.4, 0.5) is 0 Å². The highest BCUT2D eigenvalue weighted by molar-refractivity contribution is 9.10. The van der Waals surface area contributed by atoms with Crippen LogP contribution in [0, 0.1) is 0 Å². The maximum Gasteiger partial charge on any atom is 0.201 e. The zero-order valence-corrected chi connectivity index (χ0v) is 10.9. The maximum absolute atomic E-state index is 9.93. The van der Waals surface area contributed by atoms with Gasteiger partial charge in [0.1, 0.15) is 0 Å². The van der Waals surface area contributed by atoms with Gasteiger partial charge in [-0.15, -0.1) is 0 Å². The van der Waals surface area contributed by atoms with E-state index >= 15 is 0 Å². The van der Waals surface area contributed by atoms with Crippen LogP contribution >= 0.6 is 15.9 Å². The van der Waals surface area contributed by atoms with Crippen LogP contribution in [0.5, 0.6) is 17.2 Å². The zero-order valence-electron chi connectivity index (χ0n) is 9.28. The summed E-state index contributed by atoms with van der Waals surface area (Å²) in [6.07, 6.45) is 3.12. The van der Waals surface area contributed by atoms with Crippen molar-refractivity contribution in [3.8, 4) is 17.2 Å². The summed E-state index contributed by atoms with van der Waals surface area (Å²) in [4.78, 5) is 0. The molecule has 4 nitrogen and oxygen atoms in total. The Labute approximate surface area is 108 Å². The third kappa shape index (κ3) is 1.98. The summed E-state index contributed by atoms with van der Waals surface area (Å²) in [6, 6.07) is 0. The molecule has 0 amide bonds. The Bertz CT molecular complexity index is 445. The molecule has 0 aliphatic heterocycles. The fraction of sp³-hybridized carbons (Fsp3) is 0.500. The van der Waals surface area contributed by atoms with Gasteiger partial charge in [-0.25, -0.2) is 0 Å². The summed E-state index contributed by atoms with van der Waals surface area (Å²) >= 11 is 3.25. The Morgan fingerprint density at radius 1 is 1.12 bits per heavy atom. The lowest BCUT2D eigenvalue weighted by Gasteiger charge is -2.27. The molecule has 94 valence electrons. The van der Waals surface area contributed by atoms with Crippen LogP contribution in [0.25, 0.3) is 0 Å². The van der Waals surface area contributed by atoms with Gasteiger partial charge in [0.15, 0.2) is 11.5 Å². The number of aliphatic hydroxyl groups is 1. The van der Waals surface area contributed by atoms with Gasteiger partial charge < -0.3 is 20.4 Å². The normalized spacial score (nSPS) is 19.1. The Balaban J connectivity index is 2.60. The number of phenolic OH excluding ortho intramolecular Hbond substituents is 3. The quantitative estimate of drug-likeness (QED) is 0.632. The van der Waals surface area contributed by atoms with Gasteiger partial charge in [0.2, 0.25) is 5.75 Å². The molecule has 5 heteroatoms. The highest BCUT2D eigenvalue weighted by Gasteiger charge is 2.29. The smallest absolute Gasteiger partial charge is 0.201 e. The molecule has 0 unspecified atom stereocenters. The first kappa shape index (κ1) is 12.5. The fourth-order valence-corrected chi connectivity index (χ4v) is 3.15. The molecular formula is C12H15BrO4. The Hall–Kier alpha value is -0.940. The predicted octanol–water partition coefficient (Wildman–Crippen LogP) is 2.37. The first-order chi connectivity index (χ1) is 8.07. The summed E-state index contributed by atoms with van der Waals surface area (Å²) in [5.41, 5.74) is 1.50. The zero-order chi connectivity index (χ0) is 12.6. The highest BCUT2D eigenvalue weighted by atomic mass is 79.9. The lowest BCUT2D eigenvalue weighted by molar-refractivity contribution is 0.266. The van der Waals surface area contributed by atoms with Crippen LogP contribution in [0.2, 0.25) is 0 Å². The third-order valence-electron chi connectivity index (χ3n) is 3.37. The molecule has 17 heavy (non-hydrogen) atoms. The molecule has 2 rings (SSSR count). The second kappa shape index (κ2) is 4.74. The van der Waals surface area contributed by atoms with Crippen molar-refractivity contribution in [3.63, 3.8) is 0 Å². The number of phenols is 3. The van der Waals surface area contributed by atoms with Crippen LogP contribution in [-0.2, 0) is 6.42 Å². The number of aliphatic hydroxyl groups excluding tert-OH is 1. The molecular weight excluding hydrogens is 288 g/mol. The number of hydrogen-bond donors (Lipinski definition) is 4. The van der Waals surface area contributed by atoms with Crippen molar-refractivity contribution < 1.29 is 20.4 Å². The second-order valence-corrected chi connectivity index (χ2v) is 5.15. The molecule has 0 bridgehead atoms. The van der Waals surface area contributed by atoms with Gasteiger partial charge in [0.25, 0.3) is 0 Å². The van der Waals surface area contributed by atoms with Crippen LogP contribution in [0.1, 0.15) is 36.3 Å². The lowest BCUT2D eigenvalue weighted by Crippen LogP contribution is -2.12. The molecule has 1 aromatic rings. The molecule has 0 spiro atoms. The minimum absolute atomic E-state index is 0.0338. The van der Waals surface area contributed by atoms with Gasteiger partial charge in [-0.05, 0) is 53.1 Å². The SMILES string of the molecule is OCC[C@@H]1CCCc2c(Br)c(O)c(O)c(O)c21. The molecule has 1 aliphatic carbocycles. The minimum Gasteiger partial charge on any atom is -0.504 e. The standard InChI is InChI=1S/C12H15BrO4/c13-9-7-3-1-2-6(4-5-14)8(7)10(15)12(17)11(9)16/h6,14-17H,1-5H2/t6-/m0/s1. The van der Waals surface area contributed by atoms with E-state index < -0.39 is 5.75 Å². The monoisotopic (exact) mass is 302 g/mol. The number of aromatic hydroxyl groups is 3. The van der Waals surface area contributed by atoms with E-state index in [4.69, 9.17) is 5.11 Å². The van der Waals surface area contributed by atoms with Crippen molar-refractivity contribution in [2.75, 3.05) is 6.61 Å². The molecule has 1 atom stereocenters. The topological polar surface area (TPSA) is 80.9 Å². The molecule has 0 aromatic heterocycles. The third-order valence-corrected chi connectivity index (χ3v) is 4.22. The van der Waals surface area contributed by atoms with Gasteiger partial charge >= 0.3 is 0 Å². The summed E-state index contributed by atoms with van der Waals surface area (Å²) in [7, 11) is 0. The maximum atomic E-state index is 9.93. The van der Waals surface area contributed by atoms with Gasteiger partial charge in [0.05, 0.1) is 4.47 Å². The van der Waals surface area contributed by atoms with E-state index in [2.05, 4.69) is 15.9 Å². The molecule has 0 radical (unpaired) electrons. The average Bonchev–Trinajstić information content (AvgIpc) is 2.34. The van der Waals surface area contributed by atoms with E-state index in [0.29, 0.717) is 16.5 Å². The summed E-state index contributed by atoms with van der Waals surface area (Å²) < 4.78 is 0.449. The minimum atomic E-state index is -0.486. The number of fused-ring (bicyclic) bond motifs is 1. The number of halogens is 1. The van der Waals surface area contributed by atoms with E-state index in [9.17, 15) is 15.3 Å². The Morgan fingerprint density at radius 2 is 1.82 bits per heavy atom. The van der Waals surface area contributed by atoms with Crippen LogP contribution in [-0.4, -0.2) is 27.0 Å². The molecule has 0 saturated heterocycles. The van der Waals surface area contributed by atoms with Gasteiger partial charge in [-0.2, -0.15) is 0 Å². The van der Waals surface area contributed by atoms with Crippen LogP contribution in [0.3, 0.4) is 0 Å². The van der Waals surface area contributed by atoms with Crippen molar-refractivity contribution in [1.82, 2.24) is 0 Å². The van der Waals surface area contributed by atoms with Gasteiger partial charge in [-0.3, -0.25) is 0 Å². The van der Waals surface area contributed by atoms with E-state index in [-0.39, 0.29) is 24.0 Å². The first-order valence-electron chi connectivity index (χ1n) is 5.63. The number of hydrogen-bond acceptors (Lipinski definition) is 4. The number of rotatable bonds is 2. The number of benzene rings is 1. The van der Waals surface area contributed by atoms with E-state index in [1.807, 2.05) is 0 Å². The molecule has 4 N–H and O–H groups in total. The fourth-order valence-electron chi connectivity index (χ4n) is 2.55. The van der Waals surface area contributed by atoms with Crippen LogP contribution < -0.4 is 0 Å². The lowest BCUT2D eigenvalue weighted by atomic mass is 9.80. The summed E-state index contributed by atoms with van der Waals surface area (Å²) in [5.74, 6) is -1.02.